The molecule has 5 aromatic rings. The third kappa shape index (κ3) is 4.46. The van der Waals surface area contributed by atoms with Crippen LogP contribution in [-0.4, -0.2) is 35.0 Å². The molecule has 0 radical (unpaired) electrons. The fourth-order valence-corrected chi connectivity index (χ4v) is 4.98. The standard InChI is InChI=1S/C31H26N4O4/c1-37-26-17-22(15-16-25(26)39-18-23-13-8-12-20-9-6-7-14-24(20)23)29-27(30(36)38-2)28(21-10-4-3-5-11-21)34-31-32-19-33-35(29)31/h3-17,19,29H,18H2,1-2H3,(H,32,33,34)/t29-/m1/s1. The van der Waals surface area contributed by atoms with Gasteiger partial charge in [0.15, 0.2) is 11.5 Å². The fourth-order valence-electron chi connectivity index (χ4n) is 4.98. The summed E-state index contributed by atoms with van der Waals surface area (Å²) in [5, 5.41) is 9.99. The number of rotatable bonds is 7. The normalized spacial score (nSPS) is 14.5. The quantitative estimate of drug-likeness (QED) is 0.280. The molecule has 4 aromatic carbocycles. The molecule has 0 spiro atoms. The van der Waals surface area contributed by atoms with E-state index in [1.807, 2.05) is 66.7 Å². The molecule has 0 fully saturated rings. The van der Waals surface area contributed by atoms with Crippen LogP contribution in [0.2, 0.25) is 0 Å². The summed E-state index contributed by atoms with van der Waals surface area (Å²) < 4.78 is 18.9. The highest BCUT2D eigenvalue weighted by Crippen LogP contribution is 2.41. The van der Waals surface area contributed by atoms with E-state index in [-0.39, 0.29) is 0 Å². The van der Waals surface area contributed by atoms with Crippen LogP contribution in [0.3, 0.4) is 0 Å². The van der Waals surface area contributed by atoms with Gasteiger partial charge in [-0.05, 0) is 39.6 Å². The van der Waals surface area contributed by atoms with Crippen LogP contribution in [0.1, 0.15) is 22.7 Å². The van der Waals surface area contributed by atoms with Crippen molar-refractivity contribution in [1.29, 1.82) is 0 Å². The Morgan fingerprint density at radius 2 is 1.72 bits per heavy atom. The van der Waals surface area contributed by atoms with Crippen molar-refractivity contribution in [2.24, 2.45) is 0 Å². The summed E-state index contributed by atoms with van der Waals surface area (Å²) in [6.45, 7) is 0.378. The van der Waals surface area contributed by atoms with Crippen molar-refractivity contribution < 1.29 is 19.0 Å². The van der Waals surface area contributed by atoms with Crippen LogP contribution in [0, 0.1) is 0 Å². The predicted molar refractivity (Wildman–Crippen MR) is 148 cm³/mol. The molecule has 1 aliphatic rings. The minimum absolute atomic E-state index is 0.378. The van der Waals surface area contributed by atoms with E-state index in [1.54, 1.807) is 11.8 Å². The molecule has 8 heteroatoms. The van der Waals surface area contributed by atoms with Crippen LogP contribution in [0.15, 0.2) is 103 Å². The lowest BCUT2D eigenvalue weighted by Gasteiger charge is -2.29. The van der Waals surface area contributed by atoms with E-state index in [1.165, 1.54) is 13.4 Å². The van der Waals surface area contributed by atoms with Crippen LogP contribution >= 0.6 is 0 Å². The topological polar surface area (TPSA) is 87.5 Å². The predicted octanol–water partition coefficient (Wildman–Crippen LogP) is 5.62. The highest BCUT2D eigenvalue weighted by atomic mass is 16.5. The number of nitrogens with zero attached hydrogens (tertiary/aromatic N) is 3. The first-order chi connectivity index (χ1) is 19.2. The Labute approximate surface area is 225 Å². The molecular weight excluding hydrogens is 492 g/mol. The molecule has 194 valence electrons. The Bertz CT molecular complexity index is 1690. The van der Waals surface area contributed by atoms with Gasteiger partial charge in [0.05, 0.1) is 25.5 Å². The zero-order chi connectivity index (χ0) is 26.8. The molecule has 2 heterocycles. The molecule has 6 rings (SSSR count). The van der Waals surface area contributed by atoms with Gasteiger partial charge in [0.25, 0.3) is 0 Å². The lowest BCUT2D eigenvalue weighted by Crippen LogP contribution is -2.29. The summed E-state index contributed by atoms with van der Waals surface area (Å²) in [4.78, 5) is 17.6. The Hall–Kier alpha value is -5.11. The second kappa shape index (κ2) is 10.3. The number of carbonyl (C=O) groups excluding carboxylic acids is 1. The molecule has 0 unspecified atom stereocenters. The van der Waals surface area contributed by atoms with E-state index in [9.17, 15) is 4.79 Å². The summed E-state index contributed by atoms with van der Waals surface area (Å²) in [5.74, 6) is 1.18. The summed E-state index contributed by atoms with van der Waals surface area (Å²) in [7, 11) is 2.97. The van der Waals surface area contributed by atoms with Gasteiger partial charge < -0.3 is 19.5 Å². The van der Waals surface area contributed by atoms with Crippen molar-refractivity contribution in [3.8, 4) is 11.5 Å². The summed E-state index contributed by atoms with van der Waals surface area (Å²) >= 11 is 0. The van der Waals surface area contributed by atoms with Crippen LogP contribution in [-0.2, 0) is 16.1 Å². The van der Waals surface area contributed by atoms with E-state index < -0.39 is 12.0 Å². The van der Waals surface area contributed by atoms with Crippen LogP contribution in [0.4, 0.5) is 5.95 Å². The highest BCUT2D eigenvalue weighted by Gasteiger charge is 2.36. The molecule has 0 bridgehead atoms. The molecular formula is C31H26N4O4. The monoisotopic (exact) mass is 518 g/mol. The molecule has 1 aliphatic heterocycles. The Balaban J connectivity index is 1.40. The number of carbonyl (C=O) groups is 1. The number of aromatic nitrogens is 3. The molecule has 0 saturated heterocycles. The van der Waals surface area contributed by atoms with Crippen LogP contribution in [0.5, 0.6) is 11.5 Å². The van der Waals surface area contributed by atoms with Gasteiger partial charge in [0.2, 0.25) is 5.95 Å². The zero-order valence-electron chi connectivity index (χ0n) is 21.5. The van der Waals surface area contributed by atoms with Gasteiger partial charge in [0.1, 0.15) is 19.0 Å². The molecule has 8 nitrogen and oxygen atoms in total. The van der Waals surface area contributed by atoms with Gasteiger partial charge in [-0.15, -0.1) is 0 Å². The summed E-state index contributed by atoms with van der Waals surface area (Å²) in [5.41, 5.74) is 3.70. The molecule has 1 atom stereocenters. The molecule has 39 heavy (non-hydrogen) atoms. The Morgan fingerprint density at radius 1 is 0.923 bits per heavy atom. The highest BCUT2D eigenvalue weighted by molar-refractivity contribution is 6.02. The number of fused-ring (bicyclic) bond motifs is 2. The number of nitrogens with one attached hydrogen (secondary N) is 1. The molecule has 1 aromatic heterocycles. The van der Waals surface area contributed by atoms with E-state index >= 15 is 0 Å². The van der Waals surface area contributed by atoms with E-state index in [4.69, 9.17) is 14.2 Å². The van der Waals surface area contributed by atoms with E-state index in [0.29, 0.717) is 35.3 Å². The first-order valence-corrected chi connectivity index (χ1v) is 12.5. The third-order valence-corrected chi connectivity index (χ3v) is 6.83. The lowest BCUT2D eigenvalue weighted by atomic mass is 9.92. The average Bonchev–Trinajstić information content (AvgIpc) is 3.47. The Morgan fingerprint density at radius 3 is 2.54 bits per heavy atom. The summed E-state index contributed by atoms with van der Waals surface area (Å²) in [6, 6.07) is 29.0. The molecule has 0 aliphatic carbocycles. The van der Waals surface area contributed by atoms with Crippen molar-refractivity contribution in [2.45, 2.75) is 12.6 Å². The maximum atomic E-state index is 13.2. The number of esters is 1. The van der Waals surface area contributed by atoms with Gasteiger partial charge in [-0.25, -0.2) is 9.48 Å². The smallest absolute Gasteiger partial charge is 0.338 e. The van der Waals surface area contributed by atoms with Gasteiger partial charge in [-0.1, -0.05) is 78.9 Å². The van der Waals surface area contributed by atoms with Crippen molar-refractivity contribution in [3.05, 3.63) is 120 Å². The van der Waals surface area contributed by atoms with E-state index in [2.05, 4.69) is 39.7 Å². The maximum Gasteiger partial charge on any atom is 0.338 e. The number of hydrogen-bond donors (Lipinski definition) is 1. The van der Waals surface area contributed by atoms with Crippen LogP contribution in [0.25, 0.3) is 16.5 Å². The molecule has 0 amide bonds. The average molecular weight is 519 g/mol. The van der Waals surface area contributed by atoms with Crippen molar-refractivity contribution >= 4 is 28.4 Å². The van der Waals surface area contributed by atoms with Crippen molar-refractivity contribution in [3.63, 3.8) is 0 Å². The van der Waals surface area contributed by atoms with E-state index in [0.717, 1.165) is 27.5 Å². The number of methoxy groups -OCH3 is 2. The minimum Gasteiger partial charge on any atom is -0.493 e. The minimum atomic E-state index is -0.604. The second-order valence-corrected chi connectivity index (χ2v) is 9.04. The molecule has 1 N–H and O–H groups in total. The van der Waals surface area contributed by atoms with Gasteiger partial charge >= 0.3 is 5.97 Å². The van der Waals surface area contributed by atoms with Crippen molar-refractivity contribution in [1.82, 2.24) is 14.8 Å². The maximum absolute atomic E-state index is 13.2. The lowest BCUT2D eigenvalue weighted by molar-refractivity contribution is -0.136. The van der Waals surface area contributed by atoms with Gasteiger partial charge in [0, 0.05) is 0 Å². The summed E-state index contributed by atoms with van der Waals surface area (Å²) in [6.07, 6.45) is 1.46. The Kier molecular flexibility index (Phi) is 6.42. The second-order valence-electron chi connectivity index (χ2n) is 9.04. The number of anilines is 1. The molecule has 0 saturated carbocycles. The SMILES string of the molecule is COC(=O)C1=C(c2ccccc2)Nc2ncnn2[C@@H]1c1ccc(OCc2cccc3ccccc23)c(OC)c1. The fraction of sp³-hybridized carbons (Fsp3) is 0.129. The first-order valence-electron chi connectivity index (χ1n) is 12.5. The van der Waals surface area contributed by atoms with Gasteiger partial charge in [-0.3, -0.25) is 0 Å². The number of benzene rings is 4. The largest absolute Gasteiger partial charge is 0.493 e. The first kappa shape index (κ1) is 24.2. The third-order valence-electron chi connectivity index (χ3n) is 6.83. The number of ether oxygens (including phenoxy) is 3. The van der Waals surface area contributed by atoms with Gasteiger partial charge in [-0.2, -0.15) is 10.1 Å². The van der Waals surface area contributed by atoms with Crippen LogP contribution < -0.4 is 14.8 Å². The van der Waals surface area contributed by atoms with Crippen molar-refractivity contribution in [2.75, 3.05) is 19.5 Å². The zero-order valence-corrected chi connectivity index (χ0v) is 21.5. The number of hydrogen-bond acceptors (Lipinski definition) is 7.